The summed E-state index contributed by atoms with van der Waals surface area (Å²) in [5.41, 5.74) is 2.67. The SMILES string of the molecule is CCC(=O)OC(C)c1cc(OC)c(OC)cc1[N+](=O)[O-].CO.CO[Si](C)(C(C)C)C(C)C.COc1cc(C(C)OC(=O)NC[Si](OC)(C(C)C)C(C)C)c([N+](=O)[O-])cc1OC.COc1cc(C(C)OC(=O)NC[Si](OC)(C(C)C)C(C)C)c([N+](=O)[O-])cc1OC. The molecule has 0 fully saturated rings. The van der Waals surface area contributed by atoms with Crippen LogP contribution in [0.25, 0.3) is 0 Å². The highest BCUT2D eigenvalue weighted by Crippen LogP contribution is 2.42. The predicted octanol–water partition coefficient (Wildman–Crippen LogP) is 14.0. The van der Waals surface area contributed by atoms with Crippen LogP contribution in [0.4, 0.5) is 26.7 Å². The third-order valence-electron chi connectivity index (χ3n) is 16.1. The first-order valence-electron chi connectivity index (χ1n) is 29.4. The Morgan fingerprint density at radius 2 is 0.656 bits per heavy atom. The van der Waals surface area contributed by atoms with E-state index in [-0.39, 0.29) is 79.6 Å². The van der Waals surface area contributed by atoms with Gasteiger partial charge in [0, 0.05) is 47.2 Å². The zero-order chi connectivity index (χ0) is 70.4. The Hall–Kier alpha value is -6.84. The molecule has 0 aliphatic carbocycles. The summed E-state index contributed by atoms with van der Waals surface area (Å²) in [6.07, 6.45) is -2.82. The minimum Gasteiger partial charge on any atom is -0.493 e. The van der Waals surface area contributed by atoms with Crippen molar-refractivity contribution in [2.75, 3.05) is 83.4 Å². The van der Waals surface area contributed by atoms with Gasteiger partial charge in [-0.15, -0.1) is 0 Å². The Morgan fingerprint density at radius 1 is 0.422 bits per heavy atom. The summed E-state index contributed by atoms with van der Waals surface area (Å²) >= 11 is 0. The molecular weight excluding hydrogens is 1230 g/mol. The number of ether oxygens (including phenoxy) is 9. The first-order valence-corrected chi connectivity index (χ1v) is 36.5. The fraction of sp³-hybridized carbons (Fsp3) is 0.650. The van der Waals surface area contributed by atoms with Gasteiger partial charge in [-0.05, 0) is 78.8 Å². The molecule has 0 aromatic heterocycles. The number of benzene rings is 3. The fourth-order valence-electron chi connectivity index (χ4n) is 9.77. The molecule has 0 aliphatic rings. The zero-order valence-corrected chi connectivity index (χ0v) is 61.1. The number of hydrogen-bond donors (Lipinski definition) is 3. The van der Waals surface area contributed by atoms with Crippen LogP contribution in [-0.4, -0.2) is 146 Å². The number of nitro benzene ring substituents is 3. The van der Waals surface area contributed by atoms with Crippen LogP contribution in [0.5, 0.6) is 34.5 Å². The van der Waals surface area contributed by atoms with E-state index in [0.717, 1.165) is 18.2 Å². The number of nitrogens with zero attached hydrogens (tertiary/aromatic N) is 3. The molecule has 0 heterocycles. The maximum Gasteiger partial charge on any atom is 0.407 e. The molecular formula is C60H105N5O22Si3. The number of hydrogen-bond acceptors (Lipinski definition) is 22. The molecule has 90 heavy (non-hydrogen) atoms. The van der Waals surface area contributed by atoms with E-state index >= 15 is 0 Å². The minimum atomic E-state index is -2.23. The number of esters is 1. The number of amides is 2. The molecule has 27 nitrogen and oxygen atoms in total. The largest absolute Gasteiger partial charge is 0.493 e. The summed E-state index contributed by atoms with van der Waals surface area (Å²) in [6.45, 7) is 34.4. The molecule has 3 aromatic carbocycles. The average Bonchev–Trinajstić information content (AvgIpc) is 3.16. The van der Waals surface area contributed by atoms with Crippen LogP contribution in [0.2, 0.25) is 39.8 Å². The lowest BCUT2D eigenvalue weighted by molar-refractivity contribution is -0.386. The van der Waals surface area contributed by atoms with Crippen molar-refractivity contribution >= 4 is 60.2 Å². The van der Waals surface area contributed by atoms with Crippen LogP contribution in [0.1, 0.15) is 152 Å². The van der Waals surface area contributed by atoms with Crippen molar-refractivity contribution in [3.8, 4) is 34.5 Å². The van der Waals surface area contributed by atoms with Crippen LogP contribution in [-0.2, 0) is 32.3 Å². The highest BCUT2D eigenvalue weighted by atomic mass is 28.4. The van der Waals surface area contributed by atoms with E-state index in [1.807, 2.05) is 7.11 Å². The van der Waals surface area contributed by atoms with Crippen molar-refractivity contribution in [1.82, 2.24) is 10.6 Å². The molecule has 3 rings (SSSR count). The van der Waals surface area contributed by atoms with E-state index in [1.165, 1.54) is 79.1 Å². The summed E-state index contributed by atoms with van der Waals surface area (Å²) in [5, 5.41) is 46.6. The summed E-state index contributed by atoms with van der Waals surface area (Å²) in [6, 6.07) is 8.12. The van der Waals surface area contributed by atoms with E-state index in [0.29, 0.717) is 29.6 Å². The smallest absolute Gasteiger partial charge is 0.407 e. The average molecular weight is 1330 g/mol. The van der Waals surface area contributed by atoms with Gasteiger partial charge in [-0.1, -0.05) is 90.0 Å². The molecule has 0 aliphatic heterocycles. The first kappa shape index (κ1) is 85.2. The lowest BCUT2D eigenvalue weighted by Gasteiger charge is -2.37. The number of rotatable bonds is 29. The number of nitro groups is 3. The van der Waals surface area contributed by atoms with Gasteiger partial charge in [-0.25, -0.2) is 9.59 Å². The quantitative estimate of drug-likeness (QED) is 0.0191. The standard InChI is InChI=1S/2C19H32N2O7Si.C13H17NO6.C8H20OSi.CH4O/c2*1-12(2)29(27-8,13(3)4)11-20-19(22)28-14(5)15-9-17(25-6)18(26-7)10-16(15)21(23)24;1-5-13(15)20-8(2)9-6-11(18-3)12(19-4)7-10(9)14(16)17;1-7(2)10(6,9-5)8(3)4;1-2/h2*9-10,12-14H,11H2,1-8H3,(H,20,22);6-8H,5H2,1-4H3;7-8H,1-6H3;2H,1H3. The molecule has 514 valence electrons. The van der Waals surface area contributed by atoms with Gasteiger partial charge in [-0.2, -0.15) is 0 Å². The van der Waals surface area contributed by atoms with Gasteiger partial charge in [0.05, 0.1) is 92.3 Å². The molecule has 3 unspecified atom stereocenters. The molecule has 0 saturated heterocycles. The van der Waals surface area contributed by atoms with E-state index in [9.17, 15) is 44.7 Å². The highest BCUT2D eigenvalue weighted by molar-refractivity contribution is 6.77. The lowest BCUT2D eigenvalue weighted by Crippen LogP contribution is -2.54. The molecule has 3 N–H and O–H groups in total. The highest BCUT2D eigenvalue weighted by Gasteiger charge is 2.43. The first-order chi connectivity index (χ1) is 41.9. The zero-order valence-electron chi connectivity index (χ0n) is 58.1. The summed E-state index contributed by atoms with van der Waals surface area (Å²) < 4.78 is 64.0. The maximum absolute atomic E-state index is 12.4. The van der Waals surface area contributed by atoms with Crippen molar-refractivity contribution in [2.45, 2.75) is 175 Å². The van der Waals surface area contributed by atoms with Gasteiger partial charge in [0.1, 0.15) is 18.3 Å². The predicted molar refractivity (Wildman–Crippen MR) is 352 cm³/mol. The molecule has 0 radical (unpaired) electrons. The maximum atomic E-state index is 12.4. The Balaban J connectivity index is 0. The van der Waals surface area contributed by atoms with E-state index in [1.54, 1.807) is 41.9 Å². The third kappa shape index (κ3) is 23.8. The van der Waals surface area contributed by atoms with Gasteiger partial charge >= 0.3 is 18.2 Å². The molecule has 0 spiro atoms. The molecule has 30 heteroatoms. The van der Waals surface area contributed by atoms with Crippen LogP contribution in [0, 0.1) is 30.3 Å². The number of methoxy groups -OCH3 is 6. The van der Waals surface area contributed by atoms with Gasteiger partial charge in [0.25, 0.3) is 17.1 Å². The van der Waals surface area contributed by atoms with Crippen LogP contribution < -0.4 is 39.1 Å². The Bertz CT molecular complexity index is 2590. The molecule has 0 bridgehead atoms. The second kappa shape index (κ2) is 40.8. The molecule has 3 aromatic rings. The van der Waals surface area contributed by atoms with Crippen molar-refractivity contribution in [1.29, 1.82) is 0 Å². The van der Waals surface area contributed by atoms with Gasteiger partial charge in [0.2, 0.25) is 16.6 Å². The summed E-state index contributed by atoms with van der Waals surface area (Å²) in [4.78, 5) is 68.5. The van der Waals surface area contributed by atoms with Gasteiger partial charge in [-0.3, -0.25) is 35.1 Å². The van der Waals surface area contributed by atoms with Crippen LogP contribution in [0.15, 0.2) is 36.4 Å². The number of aliphatic hydroxyl groups is 1. The number of nitrogens with one attached hydrogen (secondary N) is 2. The monoisotopic (exact) mass is 1330 g/mol. The Labute approximate surface area is 535 Å². The number of alkyl carbamates (subject to hydrolysis) is 2. The van der Waals surface area contributed by atoms with Crippen LogP contribution >= 0.6 is 0 Å². The lowest BCUT2D eigenvalue weighted by atomic mass is 10.1. The Morgan fingerprint density at radius 3 is 0.822 bits per heavy atom. The molecule has 0 saturated carbocycles. The van der Waals surface area contributed by atoms with E-state index in [4.69, 9.17) is 61.0 Å². The third-order valence-corrected chi connectivity index (χ3v) is 32.3. The van der Waals surface area contributed by atoms with E-state index < -0.39 is 76.2 Å². The topological polar surface area (TPSA) is 336 Å². The minimum absolute atomic E-state index is 0.181. The fourth-order valence-corrected chi connectivity index (χ4v) is 19.4. The van der Waals surface area contributed by atoms with Crippen molar-refractivity contribution in [3.63, 3.8) is 0 Å². The Kier molecular flexibility index (Phi) is 38.6. The normalized spacial score (nSPS) is 12.2. The number of carbonyl (C=O) groups excluding carboxylic acids is 3. The molecule has 3 atom stereocenters. The van der Waals surface area contributed by atoms with Gasteiger partial charge in [0.15, 0.2) is 42.8 Å². The van der Waals surface area contributed by atoms with Crippen molar-refractivity contribution < 1.29 is 90.2 Å². The van der Waals surface area contributed by atoms with E-state index in [2.05, 4.69) is 100 Å². The molecule has 2 amide bonds. The van der Waals surface area contributed by atoms with Crippen molar-refractivity contribution in [3.05, 3.63) is 83.4 Å². The van der Waals surface area contributed by atoms with Crippen LogP contribution in [0.3, 0.4) is 0 Å². The number of aliphatic hydroxyl groups excluding tert-OH is 1. The second-order valence-corrected chi connectivity index (χ2v) is 37.5. The second-order valence-electron chi connectivity index (χ2n) is 22.5. The summed E-state index contributed by atoms with van der Waals surface area (Å²) in [5.74, 6) is 1.24. The number of carbonyl (C=O) groups is 3. The summed E-state index contributed by atoms with van der Waals surface area (Å²) in [7, 11) is 8.83. The van der Waals surface area contributed by atoms with Gasteiger partial charge < -0.3 is 71.6 Å². The van der Waals surface area contributed by atoms with Crippen molar-refractivity contribution in [2.24, 2.45) is 0 Å².